The van der Waals surface area contributed by atoms with Crippen LogP contribution in [0.3, 0.4) is 0 Å². The standard InChI is InChI=1S/C31H38N4O10S2/c1-18-9-19(2)14-34(13-18)46(40,41)22-5-7-24-26(11-22)29(32-39)27-12-23(47(42,43)35-15-20(3)10-21(4)16-35)6-8-25(27)30(24)33-45-31(38)44-17-28(36)37/h5-8,11-12,18-21,39H,9-10,13-17H2,1-4H3,(H,36,37)/t18-,19+,20-,21+. The molecule has 2 aliphatic heterocycles. The second-order valence-electron chi connectivity index (χ2n) is 12.9. The summed E-state index contributed by atoms with van der Waals surface area (Å²) in [7, 11) is -7.98. The zero-order valence-corrected chi connectivity index (χ0v) is 28.1. The number of hydrogen-bond acceptors (Lipinski definition) is 11. The van der Waals surface area contributed by atoms with Crippen LogP contribution in [0.5, 0.6) is 0 Å². The van der Waals surface area contributed by atoms with Crippen LogP contribution in [0, 0.1) is 23.7 Å². The summed E-state index contributed by atoms with van der Waals surface area (Å²) in [5.41, 5.74) is 0.473. The first-order valence-corrected chi connectivity index (χ1v) is 18.1. The zero-order chi connectivity index (χ0) is 34.3. The van der Waals surface area contributed by atoms with Gasteiger partial charge in [-0.05, 0) is 60.8 Å². The van der Waals surface area contributed by atoms with Crippen LogP contribution in [0.25, 0.3) is 0 Å². The van der Waals surface area contributed by atoms with E-state index in [0.29, 0.717) is 26.2 Å². The average molecular weight is 691 g/mol. The minimum absolute atomic E-state index is 0.0250. The largest absolute Gasteiger partial charge is 0.535 e. The number of ether oxygens (including phenoxy) is 1. The summed E-state index contributed by atoms with van der Waals surface area (Å²) in [5.74, 6) is -0.818. The molecule has 2 saturated heterocycles. The van der Waals surface area contributed by atoms with E-state index in [0.717, 1.165) is 12.8 Å². The first-order chi connectivity index (χ1) is 22.1. The van der Waals surface area contributed by atoms with Gasteiger partial charge in [0.15, 0.2) is 6.61 Å². The molecule has 2 heterocycles. The van der Waals surface area contributed by atoms with E-state index in [-0.39, 0.29) is 67.1 Å². The van der Waals surface area contributed by atoms with Crippen molar-refractivity contribution in [2.45, 2.75) is 50.3 Å². The Labute approximate surface area is 273 Å². The van der Waals surface area contributed by atoms with Gasteiger partial charge < -0.3 is 15.1 Å². The normalized spacial score (nSPS) is 23.7. The van der Waals surface area contributed by atoms with E-state index in [4.69, 9.17) is 9.94 Å². The molecule has 2 fully saturated rings. The molecule has 0 spiro atoms. The summed E-state index contributed by atoms with van der Waals surface area (Å²) in [6.45, 7) is 8.31. The van der Waals surface area contributed by atoms with Crippen molar-refractivity contribution in [3.63, 3.8) is 0 Å². The number of carbonyl (C=O) groups excluding carboxylic acids is 1. The van der Waals surface area contributed by atoms with Gasteiger partial charge in [0.1, 0.15) is 11.4 Å². The summed E-state index contributed by atoms with van der Waals surface area (Å²) >= 11 is 0. The van der Waals surface area contributed by atoms with Crippen LogP contribution in [-0.4, -0.2) is 92.1 Å². The second-order valence-corrected chi connectivity index (χ2v) is 16.7. The van der Waals surface area contributed by atoms with E-state index >= 15 is 0 Å². The molecule has 0 bridgehead atoms. The molecular formula is C31H38N4O10S2. The summed E-state index contributed by atoms with van der Waals surface area (Å²) in [5, 5.41) is 26.5. The van der Waals surface area contributed by atoms with Gasteiger partial charge in [-0.2, -0.15) is 8.61 Å². The van der Waals surface area contributed by atoms with Crippen LogP contribution in [0.15, 0.2) is 56.5 Å². The number of fused-ring (bicyclic) bond motifs is 2. The van der Waals surface area contributed by atoms with Gasteiger partial charge in [0.2, 0.25) is 20.0 Å². The Hall–Kier alpha value is -3.86. The van der Waals surface area contributed by atoms with Crippen molar-refractivity contribution in [3.05, 3.63) is 58.7 Å². The SMILES string of the molecule is C[C@@H]1C[C@H](C)CN(S(=O)(=O)c2ccc3c(c2)C(=NO)c2cc(S(=O)(=O)N4C[C@H](C)C[C@H](C)C4)ccc2C3=NOC(=O)OCC(=O)O)C1. The number of piperidine rings is 2. The molecule has 3 aliphatic rings. The lowest BCUT2D eigenvalue weighted by Crippen LogP contribution is -2.42. The summed E-state index contributed by atoms with van der Waals surface area (Å²) in [6, 6.07) is 8.24. The molecule has 2 aromatic rings. The third kappa shape index (κ3) is 7.05. The van der Waals surface area contributed by atoms with Crippen molar-refractivity contribution in [1.29, 1.82) is 0 Å². The van der Waals surface area contributed by atoms with Crippen molar-refractivity contribution in [2.75, 3.05) is 32.8 Å². The average Bonchev–Trinajstić information content (AvgIpc) is 3.00. The smallest absolute Gasteiger partial charge is 0.479 e. The van der Waals surface area contributed by atoms with Gasteiger partial charge in [-0.15, -0.1) is 0 Å². The van der Waals surface area contributed by atoms with Gasteiger partial charge in [-0.3, -0.25) is 4.84 Å². The Kier molecular flexibility index (Phi) is 9.78. The maximum absolute atomic E-state index is 13.8. The number of benzene rings is 2. The van der Waals surface area contributed by atoms with E-state index in [2.05, 4.69) is 15.0 Å². The number of hydrogen-bond donors (Lipinski definition) is 2. The predicted molar refractivity (Wildman–Crippen MR) is 169 cm³/mol. The van der Waals surface area contributed by atoms with E-state index in [9.17, 15) is 31.6 Å². The van der Waals surface area contributed by atoms with Crippen LogP contribution < -0.4 is 0 Å². The van der Waals surface area contributed by atoms with Crippen molar-refractivity contribution in [1.82, 2.24) is 8.61 Å². The number of oxime groups is 2. The summed E-state index contributed by atoms with van der Waals surface area (Å²) in [4.78, 5) is 27.6. The van der Waals surface area contributed by atoms with Crippen LogP contribution in [0.2, 0.25) is 0 Å². The molecule has 14 nitrogen and oxygen atoms in total. The molecule has 0 aromatic heterocycles. The number of carboxylic acids is 1. The molecule has 16 heteroatoms. The third-order valence-electron chi connectivity index (χ3n) is 8.57. The Morgan fingerprint density at radius 1 is 0.745 bits per heavy atom. The topological polar surface area (TPSA) is 193 Å². The summed E-state index contributed by atoms with van der Waals surface area (Å²) in [6.07, 6.45) is 0.372. The highest BCUT2D eigenvalue weighted by Crippen LogP contribution is 2.35. The number of carboxylic acid groups (broad SMARTS) is 1. The lowest BCUT2D eigenvalue weighted by molar-refractivity contribution is -0.141. The van der Waals surface area contributed by atoms with Crippen LogP contribution >= 0.6 is 0 Å². The number of aliphatic carboxylic acids is 1. The Balaban J connectivity index is 1.62. The fourth-order valence-electron chi connectivity index (χ4n) is 6.80. The molecule has 0 radical (unpaired) electrons. The monoisotopic (exact) mass is 690 g/mol. The molecule has 0 saturated carbocycles. The number of rotatable bonds is 7. The van der Waals surface area contributed by atoms with Crippen molar-refractivity contribution in [3.8, 4) is 0 Å². The minimum Gasteiger partial charge on any atom is -0.479 e. The van der Waals surface area contributed by atoms with Crippen molar-refractivity contribution in [2.24, 2.45) is 34.0 Å². The maximum atomic E-state index is 13.8. The van der Waals surface area contributed by atoms with E-state index in [1.165, 1.54) is 45.0 Å². The second kappa shape index (κ2) is 13.3. The van der Waals surface area contributed by atoms with Crippen LogP contribution in [-0.2, 0) is 34.4 Å². The van der Waals surface area contributed by atoms with E-state index < -0.39 is 38.8 Å². The molecule has 0 unspecified atom stereocenters. The highest BCUT2D eigenvalue weighted by Gasteiger charge is 2.37. The molecule has 1 aliphatic carbocycles. The molecule has 5 rings (SSSR count). The number of nitrogens with zero attached hydrogens (tertiary/aromatic N) is 4. The Morgan fingerprint density at radius 3 is 1.55 bits per heavy atom. The quantitative estimate of drug-likeness (QED) is 0.160. The molecule has 47 heavy (non-hydrogen) atoms. The van der Waals surface area contributed by atoms with Gasteiger partial charge >= 0.3 is 12.1 Å². The fraction of sp³-hybridized carbons (Fsp3) is 0.484. The third-order valence-corrected chi connectivity index (χ3v) is 12.2. The van der Waals surface area contributed by atoms with E-state index in [1.807, 2.05) is 27.7 Å². The predicted octanol–water partition coefficient (Wildman–Crippen LogP) is 3.55. The van der Waals surface area contributed by atoms with Gasteiger partial charge in [0.25, 0.3) is 0 Å². The molecule has 254 valence electrons. The summed E-state index contributed by atoms with van der Waals surface area (Å²) < 4.78 is 62.6. The Morgan fingerprint density at radius 2 is 1.17 bits per heavy atom. The van der Waals surface area contributed by atoms with E-state index in [1.54, 1.807) is 0 Å². The molecule has 0 amide bonds. The number of sulfonamides is 2. The highest BCUT2D eigenvalue weighted by molar-refractivity contribution is 7.89. The first-order valence-electron chi connectivity index (χ1n) is 15.3. The lowest BCUT2D eigenvalue weighted by atomic mass is 9.83. The van der Waals surface area contributed by atoms with Crippen molar-refractivity contribution >= 4 is 43.6 Å². The molecule has 2 N–H and O–H groups in total. The molecule has 4 atom stereocenters. The lowest BCUT2D eigenvalue weighted by Gasteiger charge is -2.34. The zero-order valence-electron chi connectivity index (χ0n) is 26.5. The van der Waals surface area contributed by atoms with Crippen molar-refractivity contribution < 1.29 is 46.3 Å². The van der Waals surface area contributed by atoms with Crippen LogP contribution in [0.1, 0.15) is 62.8 Å². The fourth-order valence-corrected chi connectivity index (χ4v) is 10.2. The first kappa shape index (κ1) is 34.5. The van der Waals surface area contributed by atoms with Gasteiger partial charge in [-0.25, -0.2) is 26.4 Å². The molecule has 2 aromatic carbocycles. The Bertz CT molecular complexity index is 1730. The molecular weight excluding hydrogens is 652 g/mol. The number of carbonyl (C=O) groups is 2. The van der Waals surface area contributed by atoms with Gasteiger partial charge in [0, 0.05) is 48.4 Å². The van der Waals surface area contributed by atoms with Crippen LogP contribution in [0.4, 0.5) is 4.79 Å². The highest BCUT2D eigenvalue weighted by atomic mass is 32.2. The maximum Gasteiger partial charge on any atom is 0.535 e. The minimum atomic E-state index is -3.99. The van der Waals surface area contributed by atoms with Gasteiger partial charge in [0.05, 0.1) is 9.79 Å². The van der Waals surface area contributed by atoms with Gasteiger partial charge in [-0.1, -0.05) is 50.1 Å².